The van der Waals surface area contributed by atoms with E-state index in [1.54, 1.807) is 19.2 Å². The van der Waals surface area contributed by atoms with Crippen LogP contribution in [0.15, 0.2) is 36.4 Å². The van der Waals surface area contributed by atoms with Gasteiger partial charge in [0.15, 0.2) is 0 Å². The third-order valence-corrected chi connectivity index (χ3v) is 5.97. The number of carbonyl (C=O) groups excluding carboxylic acids is 3. The lowest BCUT2D eigenvalue weighted by Gasteiger charge is -2.22. The van der Waals surface area contributed by atoms with Crippen molar-refractivity contribution in [3.8, 4) is 22.6 Å². The molecule has 0 saturated heterocycles. The lowest BCUT2D eigenvalue weighted by atomic mass is 9.81. The molecule has 0 atom stereocenters. The van der Waals surface area contributed by atoms with Crippen molar-refractivity contribution < 1.29 is 28.6 Å². The molecule has 2 aliphatic rings. The topological polar surface area (TPSA) is 78.9 Å². The molecule has 0 unspecified atom stereocenters. The first-order valence-corrected chi connectivity index (χ1v) is 9.52. The minimum Gasteiger partial charge on any atom is -0.497 e. The summed E-state index contributed by atoms with van der Waals surface area (Å²) in [6, 6.07) is 10.9. The Labute approximate surface area is 172 Å². The number of benzene rings is 3. The van der Waals surface area contributed by atoms with E-state index in [0.717, 1.165) is 22.1 Å². The van der Waals surface area contributed by atoms with Crippen molar-refractivity contribution in [2.24, 2.45) is 0 Å². The summed E-state index contributed by atoms with van der Waals surface area (Å²) in [5, 5.41) is 1.49. The van der Waals surface area contributed by atoms with Gasteiger partial charge in [-0.2, -0.15) is 0 Å². The molecule has 1 aliphatic heterocycles. The van der Waals surface area contributed by atoms with Crippen LogP contribution in [0, 0.1) is 0 Å². The Hall–Kier alpha value is -3.67. The molecule has 0 bridgehead atoms. The Morgan fingerprint density at radius 1 is 0.900 bits per heavy atom. The van der Waals surface area contributed by atoms with Crippen LogP contribution in [0.1, 0.15) is 52.6 Å². The van der Waals surface area contributed by atoms with Gasteiger partial charge >= 0.3 is 17.9 Å². The van der Waals surface area contributed by atoms with E-state index in [0.29, 0.717) is 28.0 Å². The van der Waals surface area contributed by atoms with Crippen LogP contribution in [0.2, 0.25) is 0 Å². The summed E-state index contributed by atoms with van der Waals surface area (Å²) in [5.74, 6) is -0.664. The van der Waals surface area contributed by atoms with Crippen molar-refractivity contribution in [3.05, 3.63) is 58.7 Å². The Bertz CT molecular complexity index is 1320. The van der Waals surface area contributed by atoms with Gasteiger partial charge in [0.05, 0.1) is 18.2 Å². The molecule has 1 aliphatic carbocycles. The average molecular weight is 402 g/mol. The van der Waals surface area contributed by atoms with E-state index in [9.17, 15) is 14.4 Å². The number of hydrogen-bond donors (Lipinski definition) is 0. The summed E-state index contributed by atoms with van der Waals surface area (Å²) in [5.41, 5.74) is 3.45. The zero-order valence-corrected chi connectivity index (χ0v) is 16.9. The zero-order chi connectivity index (χ0) is 21.4. The number of hydrogen-bond acceptors (Lipinski definition) is 6. The minimum atomic E-state index is -0.638. The summed E-state index contributed by atoms with van der Waals surface area (Å²) in [7, 11) is 1.56. The minimum absolute atomic E-state index is 0.271. The van der Waals surface area contributed by atoms with Gasteiger partial charge in [-0.15, -0.1) is 0 Å². The standard InChI is InChI=1S/C24H18O6/c1-11(25)29-18-10-17-19(13-6-5-12(28-4)9-15(13)18)21-16(24(17,2)3)8-7-14-20(21)23(27)30-22(14)26/h5-10H,1-4H3. The van der Waals surface area contributed by atoms with Gasteiger partial charge in [0, 0.05) is 23.3 Å². The molecule has 5 rings (SSSR count). The number of fused-ring (bicyclic) bond motifs is 7. The fourth-order valence-electron chi connectivity index (χ4n) is 4.60. The molecule has 0 radical (unpaired) electrons. The van der Waals surface area contributed by atoms with Crippen molar-refractivity contribution >= 4 is 28.7 Å². The smallest absolute Gasteiger partial charge is 0.347 e. The maximum atomic E-state index is 12.6. The first kappa shape index (κ1) is 18.4. The molecule has 30 heavy (non-hydrogen) atoms. The molecule has 150 valence electrons. The van der Waals surface area contributed by atoms with E-state index in [-0.39, 0.29) is 5.56 Å². The largest absolute Gasteiger partial charge is 0.497 e. The fraction of sp³-hybridized carbons (Fsp3) is 0.208. The molecule has 0 spiro atoms. The summed E-state index contributed by atoms with van der Waals surface area (Å²) in [4.78, 5) is 36.5. The summed E-state index contributed by atoms with van der Waals surface area (Å²) in [6.45, 7) is 5.44. The van der Waals surface area contributed by atoms with Gasteiger partial charge in [-0.3, -0.25) is 4.79 Å². The lowest BCUT2D eigenvalue weighted by molar-refractivity contribution is -0.131. The SMILES string of the molecule is COc1ccc2c3c(cc(OC(C)=O)c2c1)C(C)(C)c1ccc2c(c1-3)C(=O)OC2=O. The molecule has 6 heteroatoms. The monoisotopic (exact) mass is 402 g/mol. The summed E-state index contributed by atoms with van der Waals surface area (Å²) >= 11 is 0. The van der Waals surface area contributed by atoms with Crippen LogP contribution >= 0.6 is 0 Å². The van der Waals surface area contributed by atoms with Gasteiger partial charge in [0.25, 0.3) is 0 Å². The number of carbonyl (C=O) groups is 3. The number of rotatable bonds is 2. The third kappa shape index (κ3) is 2.27. The van der Waals surface area contributed by atoms with Crippen LogP contribution in [0.25, 0.3) is 21.9 Å². The highest BCUT2D eigenvalue weighted by Gasteiger charge is 2.44. The van der Waals surface area contributed by atoms with Crippen LogP contribution in [-0.4, -0.2) is 25.0 Å². The Morgan fingerprint density at radius 3 is 2.37 bits per heavy atom. The second-order valence-corrected chi connectivity index (χ2v) is 8.02. The van der Waals surface area contributed by atoms with Crippen LogP contribution in [0.3, 0.4) is 0 Å². The Morgan fingerprint density at radius 2 is 1.67 bits per heavy atom. The molecule has 3 aromatic rings. The molecule has 0 saturated carbocycles. The van der Waals surface area contributed by atoms with Crippen molar-refractivity contribution in [1.29, 1.82) is 0 Å². The molecule has 0 fully saturated rings. The quantitative estimate of drug-likeness (QED) is 0.359. The van der Waals surface area contributed by atoms with E-state index < -0.39 is 23.3 Å². The van der Waals surface area contributed by atoms with Gasteiger partial charge in [-0.1, -0.05) is 19.9 Å². The third-order valence-electron chi connectivity index (χ3n) is 5.97. The average Bonchev–Trinajstić information content (AvgIpc) is 3.12. The van der Waals surface area contributed by atoms with E-state index in [2.05, 4.69) is 0 Å². The van der Waals surface area contributed by atoms with E-state index in [1.807, 2.05) is 38.1 Å². The van der Waals surface area contributed by atoms with Crippen molar-refractivity contribution in [2.45, 2.75) is 26.2 Å². The molecular formula is C24H18O6. The molecule has 1 heterocycles. The normalized spacial score (nSPS) is 15.5. The molecule has 0 aromatic heterocycles. The van der Waals surface area contributed by atoms with Gasteiger partial charge < -0.3 is 14.2 Å². The highest BCUT2D eigenvalue weighted by molar-refractivity contribution is 6.21. The highest BCUT2D eigenvalue weighted by Crippen LogP contribution is 2.55. The van der Waals surface area contributed by atoms with Crippen LogP contribution < -0.4 is 9.47 Å². The molecule has 6 nitrogen and oxygen atoms in total. The first-order chi connectivity index (χ1) is 14.2. The Kier molecular flexibility index (Phi) is 3.62. The molecule has 0 amide bonds. The van der Waals surface area contributed by atoms with Crippen LogP contribution in [0.5, 0.6) is 11.5 Å². The van der Waals surface area contributed by atoms with E-state index >= 15 is 0 Å². The van der Waals surface area contributed by atoms with E-state index in [1.165, 1.54) is 6.92 Å². The molecule has 0 N–H and O–H groups in total. The van der Waals surface area contributed by atoms with Crippen LogP contribution in [0.4, 0.5) is 0 Å². The van der Waals surface area contributed by atoms with Crippen LogP contribution in [-0.2, 0) is 14.9 Å². The fourth-order valence-corrected chi connectivity index (χ4v) is 4.60. The first-order valence-electron chi connectivity index (χ1n) is 9.52. The van der Waals surface area contributed by atoms with Gasteiger partial charge in [0.2, 0.25) is 0 Å². The van der Waals surface area contributed by atoms with Crippen molar-refractivity contribution in [3.63, 3.8) is 0 Å². The van der Waals surface area contributed by atoms with Crippen molar-refractivity contribution in [1.82, 2.24) is 0 Å². The molecular weight excluding hydrogens is 384 g/mol. The number of esters is 3. The maximum Gasteiger partial charge on any atom is 0.347 e. The maximum absolute atomic E-state index is 12.6. The lowest BCUT2D eigenvalue weighted by Crippen LogP contribution is -2.16. The van der Waals surface area contributed by atoms with Gasteiger partial charge in [0.1, 0.15) is 11.5 Å². The Balaban J connectivity index is 1.95. The predicted molar refractivity (Wildman–Crippen MR) is 109 cm³/mol. The van der Waals surface area contributed by atoms with Gasteiger partial charge in [-0.05, 0) is 52.4 Å². The second kappa shape index (κ2) is 5.92. The van der Waals surface area contributed by atoms with Crippen molar-refractivity contribution in [2.75, 3.05) is 7.11 Å². The number of ether oxygens (including phenoxy) is 3. The summed E-state index contributed by atoms with van der Waals surface area (Å²) < 4.78 is 15.8. The van der Waals surface area contributed by atoms with E-state index in [4.69, 9.17) is 14.2 Å². The zero-order valence-electron chi connectivity index (χ0n) is 16.9. The predicted octanol–water partition coefficient (Wildman–Crippen LogP) is 4.39. The second-order valence-electron chi connectivity index (χ2n) is 8.02. The highest BCUT2D eigenvalue weighted by atomic mass is 16.6. The number of methoxy groups -OCH3 is 1. The molecule has 3 aromatic carbocycles. The summed E-state index contributed by atoms with van der Waals surface area (Å²) in [6.07, 6.45) is 0. The van der Waals surface area contributed by atoms with Gasteiger partial charge in [-0.25, -0.2) is 9.59 Å². The number of cyclic esters (lactones) is 2.